The molecule has 0 aromatic heterocycles. The van der Waals surface area contributed by atoms with Crippen molar-refractivity contribution in [3.05, 3.63) is 29.3 Å². The molecule has 0 bridgehead atoms. The maximum atomic E-state index is 13.8. The minimum Gasteiger partial charge on any atom is -0.480 e. The fraction of sp³-hybridized carbons (Fsp3) is 0.429. The second-order valence-corrected chi connectivity index (χ2v) is 5.00. The van der Waals surface area contributed by atoms with Crippen LogP contribution in [-0.4, -0.2) is 16.6 Å². The number of benzene rings is 1. The first kappa shape index (κ1) is 14.3. The lowest BCUT2D eigenvalue weighted by atomic mass is 9.81. The Balaban J connectivity index is 2.37. The zero-order valence-electron chi connectivity index (χ0n) is 10.7. The molecule has 1 aliphatic carbocycles. The zero-order valence-corrected chi connectivity index (χ0v) is 10.7. The Morgan fingerprint density at radius 3 is 2.25 bits per heavy atom. The molecule has 1 aromatic carbocycles. The van der Waals surface area contributed by atoms with E-state index in [1.54, 1.807) is 6.07 Å². The van der Waals surface area contributed by atoms with Gasteiger partial charge in [0.1, 0.15) is 11.2 Å². The van der Waals surface area contributed by atoms with Gasteiger partial charge in [-0.15, -0.1) is 0 Å². The van der Waals surface area contributed by atoms with E-state index in [1.807, 2.05) is 0 Å². The average molecular weight is 280 g/mol. The summed E-state index contributed by atoms with van der Waals surface area (Å²) in [5.41, 5.74) is -1.96. The van der Waals surface area contributed by atoms with Gasteiger partial charge in [0.2, 0.25) is 0 Å². The molecule has 1 fully saturated rings. The van der Waals surface area contributed by atoms with Crippen molar-refractivity contribution in [3.8, 4) is 6.07 Å². The summed E-state index contributed by atoms with van der Waals surface area (Å²) in [5, 5.41) is 20.5. The molecule has 1 saturated carbocycles. The molecule has 0 saturated heterocycles. The number of hydrogen-bond donors (Lipinski definition) is 2. The highest BCUT2D eigenvalue weighted by Gasteiger charge is 2.40. The lowest BCUT2D eigenvalue weighted by Crippen LogP contribution is -2.48. The van der Waals surface area contributed by atoms with E-state index in [0.29, 0.717) is 25.7 Å². The van der Waals surface area contributed by atoms with E-state index in [-0.39, 0.29) is 5.56 Å². The van der Waals surface area contributed by atoms with Gasteiger partial charge in [0.25, 0.3) is 0 Å². The number of nitrogens with one attached hydrogen (secondary N) is 1. The Morgan fingerprint density at radius 2 is 1.80 bits per heavy atom. The van der Waals surface area contributed by atoms with Crippen LogP contribution in [0.4, 0.5) is 14.5 Å². The second kappa shape index (κ2) is 5.45. The Morgan fingerprint density at radius 1 is 1.25 bits per heavy atom. The molecule has 0 radical (unpaired) electrons. The predicted octanol–water partition coefficient (Wildman–Crippen LogP) is 3.04. The van der Waals surface area contributed by atoms with Crippen molar-refractivity contribution < 1.29 is 18.7 Å². The Labute approximate surface area is 115 Å². The number of halogens is 2. The molecule has 1 aromatic rings. The van der Waals surface area contributed by atoms with Gasteiger partial charge in [0, 0.05) is 0 Å². The van der Waals surface area contributed by atoms with E-state index in [9.17, 15) is 18.7 Å². The lowest BCUT2D eigenvalue weighted by molar-refractivity contribution is -0.143. The van der Waals surface area contributed by atoms with Gasteiger partial charge in [-0.3, -0.25) is 0 Å². The third kappa shape index (κ3) is 2.57. The average Bonchev–Trinajstić information content (AvgIpc) is 2.43. The van der Waals surface area contributed by atoms with Gasteiger partial charge in [-0.2, -0.15) is 5.26 Å². The van der Waals surface area contributed by atoms with Crippen LogP contribution in [0.1, 0.15) is 37.7 Å². The first-order valence-corrected chi connectivity index (χ1v) is 6.39. The molecular formula is C14H14F2N2O2. The highest BCUT2D eigenvalue weighted by molar-refractivity contribution is 5.83. The molecule has 6 heteroatoms. The fourth-order valence-corrected chi connectivity index (χ4v) is 2.54. The number of rotatable bonds is 3. The van der Waals surface area contributed by atoms with Gasteiger partial charge in [-0.25, -0.2) is 13.6 Å². The second-order valence-electron chi connectivity index (χ2n) is 5.00. The van der Waals surface area contributed by atoms with Crippen LogP contribution < -0.4 is 5.32 Å². The minimum atomic E-state index is -1.34. The summed E-state index contributed by atoms with van der Waals surface area (Å²) in [6.07, 6.45) is 2.94. The number of carboxylic acids is 1. The molecule has 0 amide bonds. The van der Waals surface area contributed by atoms with Gasteiger partial charge in [0.15, 0.2) is 11.6 Å². The van der Waals surface area contributed by atoms with Gasteiger partial charge < -0.3 is 10.4 Å². The first-order valence-electron chi connectivity index (χ1n) is 6.39. The summed E-state index contributed by atoms with van der Waals surface area (Å²) in [6, 6.07) is 3.43. The summed E-state index contributed by atoms with van der Waals surface area (Å²) in [5.74, 6) is -3.01. The molecule has 0 heterocycles. The van der Waals surface area contributed by atoms with Crippen LogP contribution in [0.3, 0.4) is 0 Å². The molecule has 0 unspecified atom stereocenters. The predicted molar refractivity (Wildman–Crippen MR) is 68.1 cm³/mol. The summed E-state index contributed by atoms with van der Waals surface area (Å²) in [4.78, 5) is 11.5. The number of carboxylic acid groups (broad SMARTS) is 1. The number of aliphatic carboxylic acids is 1. The van der Waals surface area contributed by atoms with Crippen LogP contribution in [-0.2, 0) is 4.79 Å². The summed E-state index contributed by atoms with van der Waals surface area (Å²) in [6.45, 7) is 0. The normalized spacial score (nSPS) is 17.2. The van der Waals surface area contributed by atoms with E-state index >= 15 is 0 Å². The molecule has 2 rings (SSSR count). The van der Waals surface area contributed by atoms with Gasteiger partial charge in [-0.05, 0) is 25.0 Å². The first-order chi connectivity index (χ1) is 9.48. The fourth-order valence-electron chi connectivity index (χ4n) is 2.54. The van der Waals surface area contributed by atoms with E-state index in [2.05, 4.69) is 5.32 Å². The Kier molecular flexibility index (Phi) is 3.89. The maximum Gasteiger partial charge on any atom is 0.329 e. The molecular weight excluding hydrogens is 266 g/mol. The van der Waals surface area contributed by atoms with E-state index < -0.39 is 28.8 Å². The van der Waals surface area contributed by atoms with E-state index in [4.69, 9.17) is 5.26 Å². The highest BCUT2D eigenvalue weighted by Crippen LogP contribution is 2.34. The zero-order chi connectivity index (χ0) is 14.8. The number of carbonyl (C=O) groups is 1. The molecule has 0 aliphatic heterocycles. The lowest BCUT2D eigenvalue weighted by Gasteiger charge is -2.35. The van der Waals surface area contributed by atoms with Gasteiger partial charge in [-0.1, -0.05) is 19.3 Å². The van der Waals surface area contributed by atoms with Crippen LogP contribution >= 0.6 is 0 Å². The highest BCUT2D eigenvalue weighted by atomic mass is 19.1. The molecule has 1 aliphatic rings. The van der Waals surface area contributed by atoms with E-state index in [1.165, 1.54) is 0 Å². The molecule has 2 N–H and O–H groups in total. The summed E-state index contributed by atoms with van der Waals surface area (Å²) in [7, 11) is 0. The van der Waals surface area contributed by atoms with Crippen molar-refractivity contribution in [2.45, 2.75) is 37.6 Å². The van der Waals surface area contributed by atoms with Crippen molar-refractivity contribution in [2.24, 2.45) is 0 Å². The monoisotopic (exact) mass is 280 g/mol. The van der Waals surface area contributed by atoms with Crippen LogP contribution in [0.2, 0.25) is 0 Å². The standard InChI is InChI=1S/C14H14F2N2O2/c15-10-6-9(8-17)7-11(16)12(10)18-14(13(19)20)4-2-1-3-5-14/h6-7,18H,1-5H2,(H,19,20). The van der Waals surface area contributed by atoms with E-state index in [0.717, 1.165) is 18.6 Å². The third-order valence-electron chi connectivity index (χ3n) is 3.65. The summed E-state index contributed by atoms with van der Waals surface area (Å²) < 4.78 is 27.7. The van der Waals surface area contributed by atoms with Crippen LogP contribution in [0.5, 0.6) is 0 Å². The molecule has 106 valence electrons. The number of nitriles is 1. The van der Waals surface area contributed by atoms with Gasteiger partial charge in [0.05, 0.1) is 11.6 Å². The number of hydrogen-bond acceptors (Lipinski definition) is 3. The molecule has 4 nitrogen and oxygen atoms in total. The van der Waals surface area contributed by atoms with Crippen molar-refractivity contribution in [3.63, 3.8) is 0 Å². The molecule has 20 heavy (non-hydrogen) atoms. The number of anilines is 1. The van der Waals surface area contributed by atoms with Crippen molar-refractivity contribution in [1.82, 2.24) is 0 Å². The molecule has 0 atom stereocenters. The topological polar surface area (TPSA) is 73.1 Å². The van der Waals surface area contributed by atoms with Crippen molar-refractivity contribution in [2.75, 3.05) is 5.32 Å². The minimum absolute atomic E-state index is 0.140. The van der Waals surface area contributed by atoms with Crippen molar-refractivity contribution in [1.29, 1.82) is 5.26 Å². The van der Waals surface area contributed by atoms with Crippen molar-refractivity contribution >= 4 is 11.7 Å². The SMILES string of the molecule is N#Cc1cc(F)c(NC2(C(=O)O)CCCCC2)c(F)c1. The van der Waals surface area contributed by atoms with Crippen LogP contribution in [0, 0.1) is 23.0 Å². The summed E-state index contributed by atoms with van der Waals surface area (Å²) >= 11 is 0. The van der Waals surface area contributed by atoms with Crippen LogP contribution in [0.25, 0.3) is 0 Å². The largest absolute Gasteiger partial charge is 0.480 e. The quantitative estimate of drug-likeness (QED) is 0.892. The van der Waals surface area contributed by atoms with Crippen LogP contribution in [0.15, 0.2) is 12.1 Å². The third-order valence-corrected chi connectivity index (χ3v) is 3.65. The smallest absolute Gasteiger partial charge is 0.329 e. The maximum absolute atomic E-state index is 13.8. The Hall–Kier alpha value is -2.16. The number of nitrogens with zero attached hydrogens (tertiary/aromatic N) is 1. The molecule has 0 spiro atoms. The van der Waals surface area contributed by atoms with Gasteiger partial charge >= 0.3 is 5.97 Å². The Bertz CT molecular complexity index is 552.